The predicted octanol–water partition coefficient (Wildman–Crippen LogP) is 2.11. The highest BCUT2D eigenvalue weighted by molar-refractivity contribution is 8.04. The zero-order chi connectivity index (χ0) is 9.78. The number of hydrogen-bond donors (Lipinski definition) is 2. The molecule has 0 heterocycles. The van der Waals surface area contributed by atoms with E-state index in [1.54, 1.807) is 0 Å². The van der Waals surface area contributed by atoms with Gasteiger partial charge >= 0.3 is 0 Å². The molecule has 5 heteroatoms. The van der Waals surface area contributed by atoms with E-state index in [0.29, 0.717) is 6.61 Å². The number of hydrogen-bond acceptors (Lipinski definition) is 5. The summed E-state index contributed by atoms with van der Waals surface area (Å²) in [5.74, 6) is 7.92. The van der Waals surface area contributed by atoms with Crippen LogP contribution in [-0.4, -0.2) is 52.0 Å². The number of aliphatic hydroxyl groups excluding tert-OH is 1. The molecule has 0 aromatic carbocycles. The smallest absolute Gasteiger partial charge is 0.0521 e. The van der Waals surface area contributed by atoms with E-state index >= 15 is 0 Å². The minimum atomic E-state index is 0.313. The summed E-state index contributed by atoms with van der Waals surface area (Å²) >= 11 is 9.96. The van der Waals surface area contributed by atoms with Gasteiger partial charge in [-0.05, 0) is 5.75 Å². The Kier molecular flexibility index (Phi) is 14.8. The zero-order valence-electron chi connectivity index (χ0n) is 7.78. The molecule has 0 amide bonds. The highest BCUT2D eigenvalue weighted by Crippen LogP contribution is 2.09. The van der Waals surface area contributed by atoms with Gasteiger partial charge in [-0.3, -0.25) is 0 Å². The first-order valence-corrected chi connectivity index (χ1v) is 8.46. The van der Waals surface area contributed by atoms with Gasteiger partial charge in [0.05, 0.1) is 6.61 Å². The molecule has 0 rings (SSSR count). The van der Waals surface area contributed by atoms with Gasteiger partial charge in [-0.1, -0.05) is 0 Å². The maximum absolute atomic E-state index is 8.53. The predicted molar refractivity (Wildman–Crippen MR) is 72.9 cm³/mol. The number of aliphatic hydroxyl groups is 1. The van der Waals surface area contributed by atoms with Crippen molar-refractivity contribution >= 4 is 47.9 Å². The van der Waals surface area contributed by atoms with Gasteiger partial charge in [0.25, 0.3) is 0 Å². The van der Waals surface area contributed by atoms with E-state index in [4.69, 9.17) is 5.11 Å². The Morgan fingerprint density at radius 2 is 1.23 bits per heavy atom. The molecule has 80 valence electrons. The summed E-state index contributed by atoms with van der Waals surface area (Å²) in [6.45, 7) is 0.313. The molecule has 0 aromatic heterocycles. The molecule has 1 N–H and O–H groups in total. The summed E-state index contributed by atoms with van der Waals surface area (Å²) in [5, 5.41) is 8.53. The van der Waals surface area contributed by atoms with Crippen molar-refractivity contribution in [2.75, 3.05) is 46.9 Å². The lowest BCUT2D eigenvalue weighted by atomic mass is 10.9. The minimum Gasteiger partial charge on any atom is -0.396 e. The van der Waals surface area contributed by atoms with Crippen LogP contribution in [0.25, 0.3) is 0 Å². The van der Waals surface area contributed by atoms with Crippen molar-refractivity contribution in [2.45, 2.75) is 0 Å². The van der Waals surface area contributed by atoms with E-state index in [1.165, 1.54) is 28.8 Å². The zero-order valence-corrected chi connectivity index (χ0v) is 11.1. The highest BCUT2D eigenvalue weighted by Gasteiger charge is 1.91. The summed E-state index contributed by atoms with van der Waals surface area (Å²) in [6, 6.07) is 0. The fraction of sp³-hybridized carbons (Fsp3) is 1.00. The van der Waals surface area contributed by atoms with Crippen LogP contribution in [0.4, 0.5) is 0 Å². The van der Waals surface area contributed by atoms with E-state index in [2.05, 4.69) is 12.6 Å². The lowest BCUT2D eigenvalue weighted by Gasteiger charge is -2.00. The highest BCUT2D eigenvalue weighted by atomic mass is 32.2. The third-order valence-corrected chi connectivity index (χ3v) is 5.19. The first kappa shape index (κ1) is 14.4. The lowest BCUT2D eigenvalue weighted by Crippen LogP contribution is -1.93. The fourth-order valence-corrected chi connectivity index (χ4v) is 3.81. The quantitative estimate of drug-likeness (QED) is 0.462. The second-order valence-corrected chi connectivity index (χ2v) is 6.41. The fourth-order valence-electron chi connectivity index (χ4n) is 0.671. The Morgan fingerprint density at radius 1 is 0.769 bits per heavy atom. The molecule has 0 radical (unpaired) electrons. The number of thioether (sulfide) groups is 3. The summed E-state index contributed by atoms with van der Waals surface area (Å²) in [4.78, 5) is 0. The molecular weight excluding hydrogens is 240 g/mol. The van der Waals surface area contributed by atoms with Crippen LogP contribution in [0.15, 0.2) is 0 Å². The van der Waals surface area contributed by atoms with Gasteiger partial charge in [0.2, 0.25) is 0 Å². The van der Waals surface area contributed by atoms with Gasteiger partial charge in [-0.25, -0.2) is 0 Å². The molecule has 0 saturated carbocycles. The third kappa shape index (κ3) is 13.4. The molecule has 0 aliphatic rings. The van der Waals surface area contributed by atoms with E-state index in [-0.39, 0.29) is 0 Å². The van der Waals surface area contributed by atoms with Crippen molar-refractivity contribution in [3.63, 3.8) is 0 Å². The van der Waals surface area contributed by atoms with Crippen LogP contribution in [0, 0.1) is 0 Å². The van der Waals surface area contributed by atoms with Crippen molar-refractivity contribution < 1.29 is 5.11 Å². The average molecular weight is 258 g/mol. The first-order valence-electron chi connectivity index (χ1n) is 4.36. The van der Waals surface area contributed by atoms with Crippen LogP contribution >= 0.6 is 47.9 Å². The SMILES string of the molecule is OCCSCCSCCSCCS. The Balaban J connectivity index is 2.76. The van der Waals surface area contributed by atoms with Crippen molar-refractivity contribution in [2.24, 2.45) is 0 Å². The van der Waals surface area contributed by atoms with Gasteiger partial charge in [0.15, 0.2) is 0 Å². The van der Waals surface area contributed by atoms with Crippen molar-refractivity contribution in [3.05, 3.63) is 0 Å². The summed E-state index contributed by atoms with van der Waals surface area (Å²) < 4.78 is 0. The van der Waals surface area contributed by atoms with Crippen LogP contribution in [-0.2, 0) is 0 Å². The first-order chi connectivity index (χ1) is 6.41. The number of rotatable bonds is 10. The molecule has 0 bridgehead atoms. The Hall–Kier alpha value is 1.36. The standard InChI is InChI=1S/C8H18OS4/c9-1-3-11-5-7-13-8-6-12-4-2-10/h9-10H,1-8H2. The minimum absolute atomic E-state index is 0.313. The topological polar surface area (TPSA) is 20.2 Å². The molecule has 13 heavy (non-hydrogen) atoms. The van der Waals surface area contributed by atoms with Crippen LogP contribution in [0.5, 0.6) is 0 Å². The van der Waals surface area contributed by atoms with Crippen molar-refractivity contribution in [3.8, 4) is 0 Å². The average Bonchev–Trinajstić information content (AvgIpc) is 2.16. The molecule has 0 spiro atoms. The molecule has 0 unspecified atom stereocenters. The second kappa shape index (κ2) is 13.4. The van der Waals surface area contributed by atoms with Gasteiger partial charge in [-0.15, -0.1) is 0 Å². The van der Waals surface area contributed by atoms with Gasteiger partial charge in [-0.2, -0.15) is 47.9 Å². The summed E-state index contributed by atoms with van der Waals surface area (Å²) in [6.07, 6.45) is 0. The largest absolute Gasteiger partial charge is 0.396 e. The normalized spacial score (nSPS) is 10.6. The maximum Gasteiger partial charge on any atom is 0.0521 e. The Morgan fingerprint density at radius 3 is 1.69 bits per heavy atom. The van der Waals surface area contributed by atoms with Gasteiger partial charge in [0, 0.05) is 34.5 Å². The van der Waals surface area contributed by atoms with E-state index in [0.717, 1.165) is 11.5 Å². The second-order valence-electron chi connectivity index (χ2n) is 2.28. The Labute approximate surface area is 99.6 Å². The summed E-state index contributed by atoms with van der Waals surface area (Å²) in [7, 11) is 0. The molecule has 0 aromatic rings. The molecule has 0 atom stereocenters. The third-order valence-electron chi connectivity index (χ3n) is 1.22. The van der Waals surface area contributed by atoms with Crippen molar-refractivity contribution in [1.82, 2.24) is 0 Å². The molecule has 0 fully saturated rings. The van der Waals surface area contributed by atoms with E-state index in [9.17, 15) is 0 Å². The van der Waals surface area contributed by atoms with Crippen LogP contribution in [0.2, 0.25) is 0 Å². The lowest BCUT2D eigenvalue weighted by molar-refractivity contribution is 0.322. The summed E-state index contributed by atoms with van der Waals surface area (Å²) in [5.41, 5.74) is 0. The Bertz CT molecular complexity index is 82.2. The van der Waals surface area contributed by atoms with Gasteiger partial charge in [0.1, 0.15) is 0 Å². The van der Waals surface area contributed by atoms with Crippen LogP contribution in [0.1, 0.15) is 0 Å². The van der Waals surface area contributed by atoms with Crippen molar-refractivity contribution in [1.29, 1.82) is 0 Å². The van der Waals surface area contributed by atoms with Gasteiger partial charge < -0.3 is 5.11 Å². The number of thiol groups is 1. The molecule has 1 nitrogen and oxygen atoms in total. The van der Waals surface area contributed by atoms with Crippen LogP contribution in [0.3, 0.4) is 0 Å². The molecule has 0 aliphatic heterocycles. The molecule has 0 aliphatic carbocycles. The van der Waals surface area contributed by atoms with E-state index in [1.807, 2.05) is 35.3 Å². The molecular formula is C8H18OS4. The van der Waals surface area contributed by atoms with Crippen LogP contribution < -0.4 is 0 Å². The molecule has 0 saturated heterocycles. The maximum atomic E-state index is 8.53. The van der Waals surface area contributed by atoms with E-state index < -0.39 is 0 Å². The monoisotopic (exact) mass is 258 g/mol.